The smallest absolute Gasteiger partial charge is 0.340 e. The number of carbonyl (C=O) groups is 1. The molecule has 1 aromatic heterocycles. The third kappa shape index (κ3) is 2.65. The van der Waals surface area contributed by atoms with Crippen molar-refractivity contribution in [2.75, 3.05) is 31.6 Å². The van der Waals surface area contributed by atoms with E-state index in [1.807, 2.05) is 0 Å². The number of nitrogens with zero attached hydrogens (tertiary/aromatic N) is 2. The number of aromatic nitrogens is 1. The number of hydrogen-bond donors (Lipinski definition) is 2. The Balaban J connectivity index is 1.58. The van der Waals surface area contributed by atoms with Gasteiger partial charge < -0.3 is 15.2 Å². The predicted octanol–water partition coefficient (Wildman–Crippen LogP) is 1.42. The molecule has 0 amide bonds. The van der Waals surface area contributed by atoms with Crippen LogP contribution < -0.4 is 5.32 Å². The maximum Gasteiger partial charge on any atom is 0.340 e. The van der Waals surface area contributed by atoms with Crippen molar-refractivity contribution in [3.8, 4) is 0 Å². The zero-order valence-corrected chi connectivity index (χ0v) is 12.3. The molecule has 20 heavy (non-hydrogen) atoms. The van der Waals surface area contributed by atoms with E-state index in [-0.39, 0.29) is 11.7 Å². The molecule has 0 bridgehead atoms. The van der Waals surface area contributed by atoms with Crippen molar-refractivity contribution in [2.45, 2.75) is 31.9 Å². The summed E-state index contributed by atoms with van der Waals surface area (Å²) in [4.78, 5) is 13.7. The molecule has 1 aromatic rings. The van der Waals surface area contributed by atoms with Crippen molar-refractivity contribution >= 4 is 22.5 Å². The maximum atomic E-state index is 11.2. The first-order valence-corrected chi connectivity index (χ1v) is 7.71. The molecule has 2 aliphatic rings. The molecule has 2 N–H and O–H groups in total. The fraction of sp³-hybridized carbons (Fsp3) is 0.692. The summed E-state index contributed by atoms with van der Waals surface area (Å²) in [6, 6.07) is 0.589. The Labute approximate surface area is 121 Å². The lowest BCUT2D eigenvalue weighted by Gasteiger charge is -2.35. The zero-order valence-electron chi connectivity index (χ0n) is 11.5. The van der Waals surface area contributed by atoms with Gasteiger partial charge in [-0.1, -0.05) is 0 Å². The minimum Gasteiger partial charge on any atom is -0.478 e. The minimum atomic E-state index is -0.928. The fourth-order valence-corrected chi connectivity index (χ4v) is 3.75. The van der Waals surface area contributed by atoms with Gasteiger partial charge in [0.2, 0.25) is 0 Å². The van der Waals surface area contributed by atoms with Crippen molar-refractivity contribution in [2.24, 2.45) is 0 Å². The van der Waals surface area contributed by atoms with Crippen molar-refractivity contribution in [3.63, 3.8) is 0 Å². The third-order valence-electron chi connectivity index (χ3n) is 4.03. The van der Waals surface area contributed by atoms with Crippen LogP contribution in [0.1, 0.15) is 28.9 Å². The second-order valence-corrected chi connectivity index (χ2v) is 6.18. The molecular formula is C13H19N3O3S. The van der Waals surface area contributed by atoms with Gasteiger partial charge >= 0.3 is 5.97 Å². The molecule has 0 radical (unpaired) electrons. The summed E-state index contributed by atoms with van der Waals surface area (Å²) in [6.45, 7) is 5.23. The summed E-state index contributed by atoms with van der Waals surface area (Å²) in [5, 5.41) is 13.0. The molecule has 3 rings (SSSR count). The number of aromatic carboxylic acids is 1. The molecule has 2 fully saturated rings. The van der Waals surface area contributed by atoms with Crippen LogP contribution in [-0.2, 0) is 4.74 Å². The second-order valence-electron chi connectivity index (χ2n) is 5.40. The summed E-state index contributed by atoms with van der Waals surface area (Å²) >= 11 is 1.20. The number of aryl methyl sites for hydroxylation is 1. The molecule has 110 valence electrons. The molecule has 3 heterocycles. The molecule has 0 spiro atoms. The lowest BCUT2D eigenvalue weighted by molar-refractivity contribution is -0.0415. The first kappa shape index (κ1) is 13.8. The first-order valence-electron chi connectivity index (χ1n) is 6.94. The SMILES string of the molecule is Cc1nsc(NCC2CN3CCCC3CO2)c1C(=O)O. The Morgan fingerprint density at radius 2 is 2.50 bits per heavy atom. The Hall–Kier alpha value is -1.18. The average molecular weight is 297 g/mol. The van der Waals surface area contributed by atoms with Crippen LogP contribution >= 0.6 is 11.5 Å². The maximum absolute atomic E-state index is 11.2. The Morgan fingerprint density at radius 3 is 3.30 bits per heavy atom. The summed E-state index contributed by atoms with van der Waals surface area (Å²) in [6.07, 6.45) is 2.61. The molecule has 2 atom stereocenters. The van der Waals surface area contributed by atoms with Crippen molar-refractivity contribution in [1.29, 1.82) is 0 Å². The van der Waals surface area contributed by atoms with Gasteiger partial charge in [0.05, 0.1) is 18.4 Å². The number of anilines is 1. The van der Waals surface area contributed by atoms with E-state index in [1.165, 1.54) is 24.4 Å². The Morgan fingerprint density at radius 1 is 1.65 bits per heavy atom. The standard InChI is InChI=1S/C13H19N3O3S/c1-8-11(13(17)18)12(20-15-8)14-5-10-6-16-4-2-3-9(16)7-19-10/h9-10,14H,2-7H2,1H3,(H,17,18). The van der Waals surface area contributed by atoms with Gasteiger partial charge in [-0.15, -0.1) is 0 Å². The van der Waals surface area contributed by atoms with E-state index in [4.69, 9.17) is 4.74 Å². The number of carboxylic acid groups (broad SMARTS) is 1. The molecule has 0 saturated carbocycles. The highest BCUT2D eigenvalue weighted by Gasteiger charge is 2.32. The normalized spacial score (nSPS) is 26.4. The molecule has 0 aliphatic carbocycles. The van der Waals surface area contributed by atoms with Crippen LogP contribution in [0.2, 0.25) is 0 Å². The van der Waals surface area contributed by atoms with E-state index in [1.54, 1.807) is 6.92 Å². The predicted molar refractivity (Wildman–Crippen MR) is 76.6 cm³/mol. The van der Waals surface area contributed by atoms with Crippen LogP contribution in [0.25, 0.3) is 0 Å². The van der Waals surface area contributed by atoms with Crippen molar-refractivity contribution < 1.29 is 14.6 Å². The van der Waals surface area contributed by atoms with Crippen molar-refractivity contribution in [3.05, 3.63) is 11.3 Å². The molecule has 7 heteroatoms. The third-order valence-corrected chi connectivity index (χ3v) is 4.92. The molecule has 2 saturated heterocycles. The lowest BCUT2D eigenvalue weighted by atomic mass is 10.2. The quantitative estimate of drug-likeness (QED) is 0.875. The molecule has 2 aliphatic heterocycles. The minimum absolute atomic E-state index is 0.119. The number of fused-ring (bicyclic) bond motifs is 1. The average Bonchev–Trinajstić information content (AvgIpc) is 3.01. The van der Waals surface area contributed by atoms with Gasteiger partial charge in [-0.05, 0) is 37.8 Å². The molecule has 6 nitrogen and oxygen atoms in total. The number of ether oxygens (including phenoxy) is 1. The second kappa shape index (κ2) is 5.67. The van der Waals surface area contributed by atoms with Gasteiger partial charge in [-0.3, -0.25) is 4.90 Å². The van der Waals surface area contributed by atoms with E-state index < -0.39 is 5.97 Å². The van der Waals surface area contributed by atoms with Gasteiger partial charge in [-0.25, -0.2) is 4.79 Å². The largest absolute Gasteiger partial charge is 0.478 e. The van der Waals surface area contributed by atoms with Gasteiger partial charge in [0.15, 0.2) is 0 Å². The Bertz CT molecular complexity index is 505. The van der Waals surface area contributed by atoms with Crippen LogP contribution in [0.15, 0.2) is 0 Å². The van der Waals surface area contributed by atoms with E-state index in [0.717, 1.165) is 19.7 Å². The van der Waals surface area contributed by atoms with Crippen molar-refractivity contribution in [1.82, 2.24) is 9.27 Å². The van der Waals surface area contributed by atoms with Gasteiger partial charge in [0.1, 0.15) is 10.6 Å². The van der Waals surface area contributed by atoms with E-state index >= 15 is 0 Å². The van der Waals surface area contributed by atoms with Crippen LogP contribution in [0.5, 0.6) is 0 Å². The number of rotatable bonds is 4. The van der Waals surface area contributed by atoms with E-state index in [9.17, 15) is 9.90 Å². The summed E-state index contributed by atoms with van der Waals surface area (Å²) in [5.74, 6) is -0.928. The highest BCUT2D eigenvalue weighted by Crippen LogP contribution is 2.26. The highest BCUT2D eigenvalue weighted by molar-refractivity contribution is 7.10. The van der Waals surface area contributed by atoms with Gasteiger partial charge in [-0.2, -0.15) is 4.37 Å². The topological polar surface area (TPSA) is 74.7 Å². The summed E-state index contributed by atoms with van der Waals surface area (Å²) < 4.78 is 9.96. The molecular weight excluding hydrogens is 278 g/mol. The molecule has 0 aromatic carbocycles. The number of carboxylic acids is 1. The number of morpholine rings is 1. The number of nitrogens with one attached hydrogen (secondary N) is 1. The fourth-order valence-electron chi connectivity index (χ4n) is 2.96. The van der Waals surface area contributed by atoms with Crippen LogP contribution in [0.4, 0.5) is 5.00 Å². The Kier molecular flexibility index (Phi) is 3.91. The van der Waals surface area contributed by atoms with Crippen LogP contribution in [-0.4, -0.2) is 58.7 Å². The van der Waals surface area contributed by atoms with E-state index in [2.05, 4.69) is 14.6 Å². The molecule has 2 unspecified atom stereocenters. The van der Waals surface area contributed by atoms with Gasteiger partial charge in [0, 0.05) is 19.1 Å². The zero-order chi connectivity index (χ0) is 14.1. The number of hydrogen-bond acceptors (Lipinski definition) is 6. The first-order chi connectivity index (χ1) is 9.65. The highest BCUT2D eigenvalue weighted by atomic mass is 32.1. The van der Waals surface area contributed by atoms with E-state index in [0.29, 0.717) is 23.3 Å². The lowest BCUT2D eigenvalue weighted by Crippen LogP contribution is -2.48. The summed E-state index contributed by atoms with van der Waals surface area (Å²) in [7, 11) is 0. The summed E-state index contributed by atoms with van der Waals surface area (Å²) in [5.41, 5.74) is 0.846. The van der Waals surface area contributed by atoms with Crippen LogP contribution in [0, 0.1) is 6.92 Å². The van der Waals surface area contributed by atoms with Gasteiger partial charge in [0.25, 0.3) is 0 Å². The van der Waals surface area contributed by atoms with Crippen LogP contribution in [0.3, 0.4) is 0 Å². The monoisotopic (exact) mass is 297 g/mol.